The fourth-order valence-corrected chi connectivity index (χ4v) is 6.51. The molecule has 1 atom stereocenters. The molecule has 0 radical (unpaired) electrons. The highest BCUT2D eigenvalue weighted by Gasteiger charge is 2.51. The molecule has 5 aliphatic carbocycles. The summed E-state index contributed by atoms with van der Waals surface area (Å²) in [4.78, 5) is 0. The van der Waals surface area contributed by atoms with Crippen LogP contribution in [0.4, 0.5) is 0 Å². The van der Waals surface area contributed by atoms with Crippen molar-refractivity contribution < 1.29 is 0 Å². The first-order valence-corrected chi connectivity index (χ1v) is 9.17. The molecule has 0 aliphatic heterocycles. The molecule has 1 nitrogen and oxygen atoms in total. The van der Waals surface area contributed by atoms with Gasteiger partial charge < -0.3 is 5.73 Å². The Morgan fingerprint density at radius 2 is 1.65 bits per heavy atom. The Balaban J connectivity index is 1.46. The van der Waals surface area contributed by atoms with Gasteiger partial charge in [0.05, 0.1) is 0 Å². The van der Waals surface area contributed by atoms with Gasteiger partial charge in [0.2, 0.25) is 0 Å². The number of hydrogen-bond acceptors (Lipinski definition) is 1. The van der Waals surface area contributed by atoms with Gasteiger partial charge in [0.25, 0.3) is 0 Å². The van der Waals surface area contributed by atoms with E-state index in [2.05, 4.69) is 6.08 Å². The Bertz CT molecular complexity index is 359. The third-order valence-corrected chi connectivity index (χ3v) is 6.87. The molecule has 0 saturated heterocycles. The molecule has 112 valence electrons. The number of rotatable bonds is 3. The second kappa shape index (κ2) is 5.16. The Labute approximate surface area is 124 Å². The predicted octanol–water partition coefficient (Wildman–Crippen LogP) is 4.81. The molecular formula is C19H31N. The molecule has 0 amide bonds. The van der Waals surface area contributed by atoms with Crippen LogP contribution in [0.2, 0.25) is 0 Å². The fourth-order valence-electron chi connectivity index (χ4n) is 6.51. The lowest BCUT2D eigenvalue weighted by atomic mass is 9.48. The first kappa shape index (κ1) is 13.4. The summed E-state index contributed by atoms with van der Waals surface area (Å²) in [5.74, 6) is 3.20. The SMILES string of the molecule is NC(CC12CC3CC(CC(C3)C1)C2)C1=CCCCCC1. The molecule has 0 aromatic rings. The van der Waals surface area contributed by atoms with Crippen LogP contribution in [0.3, 0.4) is 0 Å². The highest BCUT2D eigenvalue weighted by Crippen LogP contribution is 2.61. The van der Waals surface area contributed by atoms with Crippen LogP contribution >= 0.6 is 0 Å². The van der Waals surface area contributed by atoms with E-state index in [1.807, 2.05) is 0 Å². The zero-order valence-corrected chi connectivity index (χ0v) is 12.9. The molecule has 1 heteroatoms. The molecule has 0 aromatic carbocycles. The van der Waals surface area contributed by atoms with Crippen LogP contribution in [0, 0.1) is 23.2 Å². The third kappa shape index (κ3) is 2.47. The summed E-state index contributed by atoms with van der Waals surface area (Å²) in [5.41, 5.74) is 8.93. The molecule has 0 spiro atoms. The predicted molar refractivity (Wildman–Crippen MR) is 84.4 cm³/mol. The van der Waals surface area contributed by atoms with Gasteiger partial charge in [-0.3, -0.25) is 0 Å². The average Bonchev–Trinajstić information content (AvgIpc) is 2.65. The molecule has 5 rings (SSSR count). The molecule has 2 N–H and O–H groups in total. The quantitative estimate of drug-likeness (QED) is 0.734. The summed E-state index contributed by atoms with van der Waals surface area (Å²) >= 11 is 0. The first-order chi connectivity index (χ1) is 9.72. The standard InChI is InChI=1S/C19H31N/c20-18(17-5-3-1-2-4-6-17)13-19-10-14-7-15(11-19)9-16(8-14)12-19/h5,14-16,18H,1-4,6-13,20H2. The van der Waals surface area contributed by atoms with E-state index in [1.165, 1.54) is 57.8 Å². The van der Waals surface area contributed by atoms with E-state index in [-0.39, 0.29) is 0 Å². The van der Waals surface area contributed by atoms with Crippen molar-refractivity contribution >= 4 is 0 Å². The van der Waals surface area contributed by atoms with Crippen LogP contribution in [0.15, 0.2) is 11.6 Å². The summed E-state index contributed by atoms with van der Waals surface area (Å²) in [5, 5.41) is 0. The highest BCUT2D eigenvalue weighted by molar-refractivity contribution is 5.14. The molecule has 4 bridgehead atoms. The lowest BCUT2D eigenvalue weighted by Crippen LogP contribution is -2.48. The lowest BCUT2D eigenvalue weighted by molar-refractivity contribution is -0.0590. The summed E-state index contributed by atoms with van der Waals surface area (Å²) < 4.78 is 0. The molecule has 0 heterocycles. The lowest BCUT2D eigenvalue weighted by Gasteiger charge is -2.57. The van der Waals surface area contributed by atoms with Crippen molar-refractivity contribution in [3.63, 3.8) is 0 Å². The fraction of sp³-hybridized carbons (Fsp3) is 0.895. The molecular weight excluding hydrogens is 242 g/mol. The maximum absolute atomic E-state index is 6.67. The maximum Gasteiger partial charge on any atom is 0.0258 e. The van der Waals surface area contributed by atoms with Crippen molar-refractivity contribution in [2.24, 2.45) is 28.9 Å². The van der Waals surface area contributed by atoms with E-state index in [9.17, 15) is 0 Å². The Morgan fingerprint density at radius 1 is 1.00 bits per heavy atom. The van der Waals surface area contributed by atoms with E-state index in [0.717, 1.165) is 17.8 Å². The van der Waals surface area contributed by atoms with Crippen LogP contribution in [-0.4, -0.2) is 6.04 Å². The smallest absolute Gasteiger partial charge is 0.0258 e. The van der Waals surface area contributed by atoms with Gasteiger partial charge in [0, 0.05) is 6.04 Å². The van der Waals surface area contributed by atoms with Gasteiger partial charge in [0.15, 0.2) is 0 Å². The van der Waals surface area contributed by atoms with Crippen molar-refractivity contribution in [1.29, 1.82) is 0 Å². The molecule has 0 aromatic heterocycles. The van der Waals surface area contributed by atoms with Gasteiger partial charge in [-0.15, -0.1) is 0 Å². The van der Waals surface area contributed by atoms with Crippen molar-refractivity contribution in [2.75, 3.05) is 0 Å². The maximum atomic E-state index is 6.67. The Kier molecular flexibility index (Phi) is 3.45. The van der Waals surface area contributed by atoms with Crippen molar-refractivity contribution in [1.82, 2.24) is 0 Å². The summed E-state index contributed by atoms with van der Waals surface area (Å²) in [6, 6.07) is 0.379. The van der Waals surface area contributed by atoms with E-state index in [1.54, 1.807) is 24.8 Å². The minimum Gasteiger partial charge on any atom is -0.324 e. The van der Waals surface area contributed by atoms with Crippen molar-refractivity contribution in [2.45, 2.75) is 83.1 Å². The average molecular weight is 273 g/mol. The molecule has 20 heavy (non-hydrogen) atoms. The van der Waals surface area contributed by atoms with Crippen molar-refractivity contribution in [3.8, 4) is 0 Å². The molecule has 5 aliphatic rings. The van der Waals surface area contributed by atoms with Crippen LogP contribution < -0.4 is 5.73 Å². The highest BCUT2D eigenvalue weighted by atomic mass is 14.7. The zero-order valence-electron chi connectivity index (χ0n) is 12.9. The number of allylic oxidation sites excluding steroid dienone is 1. The van der Waals surface area contributed by atoms with E-state index in [0.29, 0.717) is 11.5 Å². The topological polar surface area (TPSA) is 26.0 Å². The van der Waals surface area contributed by atoms with E-state index >= 15 is 0 Å². The minimum atomic E-state index is 0.379. The van der Waals surface area contributed by atoms with Gasteiger partial charge in [0.1, 0.15) is 0 Å². The second-order valence-electron chi connectivity index (χ2n) is 8.61. The summed E-state index contributed by atoms with van der Waals surface area (Å²) in [6.45, 7) is 0. The minimum absolute atomic E-state index is 0.379. The van der Waals surface area contributed by atoms with Gasteiger partial charge in [-0.2, -0.15) is 0 Å². The van der Waals surface area contributed by atoms with Crippen LogP contribution in [0.1, 0.15) is 77.0 Å². The largest absolute Gasteiger partial charge is 0.324 e. The molecule has 1 unspecified atom stereocenters. The Morgan fingerprint density at radius 3 is 2.30 bits per heavy atom. The number of nitrogens with two attached hydrogens (primary N) is 1. The van der Waals surface area contributed by atoms with Crippen LogP contribution in [-0.2, 0) is 0 Å². The monoisotopic (exact) mass is 273 g/mol. The second-order valence-corrected chi connectivity index (χ2v) is 8.61. The molecule has 4 fully saturated rings. The van der Waals surface area contributed by atoms with Gasteiger partial charge in [-0.1, -0.05) is 18.1 Å². The van der Waals surface area contributed by atoms with E-state index < -0.39 is 0 Å². The van der Waals surface area contributed by atoms with Gasteiger partial charge >= 0.3 is 0 Å². The first-order valence-electron chi connectivity index (χ1n) is 9.17. The molecule has 4 saturated carbocycles. The normalized spacial score (nSPS) is 45.0. The number of hydrogen-bond donors (Lipinski definition) is 1. The Hall–Kier alpha value is -0.300. The summed E-state index contributed by atoms with van der Waals surface area (Å²) in [7, 11) is 0. The van der Waals surface area contributed by atoms with Crippen LogP contribution in [0.5, 0.6) is 0 Å². The van der Waals surface area contributed by atoms with Crippen LogP contribution in [0.25, 0.3) is 0 Å². The van der Waals surface area contributed by atoms with Gasteiger partial charge in [-0.05, 0) is 93.8 Å². The van der Waals surface area contributed by atoms with E-state index in [4.69, 9.17) is 5.73 Å². The van der Waals surface area contributed by atoms with Gasteiger partial charge in [-0.25, -0.2) is 0 Å². The summed E-state index contributed by atoms with van der Waals surface area (Å²) in [6.07, 6.45) is 19.7. The third-order valence-electron chi connectivity index (χ3n) is 6.87. The van der Waals surface area contributed by atoms with Crippen molar-refractivity contribution in [3.05, 3.63) is 11.6 Å². The zero-order chi connectivity index (χ0) is 13.6.